The van der Waals surface area contributed by atoms with Crippen LogP contribution in [0.1, 0.15) is 12.8 Å². The second kappa shape index (κ2) is 10.5. The molecule has 2 N–H and O–H groups in total. The fraction of sp³-hybridized carbons (Fsp3) is 0.538. The van der Waals surface area contributed by atoms with Crippen LogP contribution in [0.25, 0.3) is 0 Å². The van der Waals surface area contributed by atoms with Crippen molar-refractivity contribution < 1.29 is 9.59 Å². The molecule has 0 radical (unpaired) electrons. The molecular weight excluding hydrogens is 230 g/mol. The summed E-state index contributed by atoms with van der Waals surface area (Å²) in [4.78, 5) is 23.9. The molecule has 0 spiro atoms. The Hall–Kier alpha value is -1.62. The molecule has 102 valence electrons. The van der Waals surface area contributed by atoms with Crippen molar-refractivity contribution >= 4 is 11.8 Å². The van der Waals surface area contributed by atoms with Gasteiger partial charge in [0, 0.05) is 13.1 Å². The number of amides is 2. The zero-order chi connectivity index (χ0) is 13.8. The standard InChI is InChI=1S/C13H23N3O2/c1-4-12(17)14-8-6-10-16(3)11-7-9-15-13(18)5-2/h4-5H,1-2,6-11H2,3H3,(H,14,17)(H,15,18). The topological polar surface area (TPSA) is 61.4 Å². The summed E-state index contributed by atoms with van der Waals surface area (Å²) < 4.78 is 0. The van der Waals surface area contributed by atoms with Gasteiger partial charge >= 0.3 is 0 Å². The largest absolute Gasteiger partial charge is 0.353 e. The summed E-state index contributed by atoms with van der Waals surface area (Å²) in [6, 6.07) is 0. The molecule has 0 aliphatic heterocycles. The summed E-state index contributed by atoms with van der Waals surface area (Å²) in [6.07, 6.45) is 4.34. The predicted molar refractivity (Wildman–Crippen MR) is 73.1 cm³/mol. The molecule has 0 rings (SSSR count). The van der Waals surface area contributed by atoms with Crippen LogP contribution in [0.4, 0.5) is 0 Å². The lowest BCUT2D eigenvalue weighted by molar-refractivity contribution is -0.117. The number of rotatable bonds is 10. The Bertz CT molecular complexity index is 262. The predicted octanol–water partition coefficient (Wildman–Crippen LogP) is 0.303. The van der Waals surface area contributed by atoms with Crippen molar-refractivity contribution in [2.24, 2.45) is 0 Å². The molecule has 0 aromatic carbocycles. The molecule has 0 bridgehead atoms. The Balaban J connectivity index is 3.40. The van der Waals surface area contributed by atoms with Crippen LogP contribution in [0, 0.1) is 0 Å². The molecule has 2 amide bonds. The molecule has 0 aliphatic rings. The monoisotopic (exact) mass is 253 g/mol. The second-order valence-electron chi connectivity index (χ2n) is 4.00. The van der Waals surface area contributed by atoms with Gasteiger partial charge in [0.1, 0.15) is 0 Å². The van der Waals surface area contributed by atoms with Crippen molar-refractivity contribution in [2.45, 2.75) is 12.8 Å². The first kappa shape index (κ1) is 16.4. The highest BCUT2D eigenvalue weighted by Crippen LogP contribution is 1.89. The van der Waals surface area contributed by atoms with Crippen molar-refractivity contribution in [1.29, 1.82) is 0 Å². The molecule has 0 aliphatic carbocycles. The van der Waals surface area contributed by atoms with Gasteiger partial charge in [-0.1, -0.05) is 13.2 Å². The van der Waals surface area contributed by atoms with Crippen LogP contribution in [0.5, 0.6) is 0 Å². The normalized spacial score (nSPS) is 9.89. The van der Waals surface area contributed by atoms with E-state index in [1.54, 1.807) is 0 Å². The molecule has 18 heavy (non-hydrogen) atoms. The number of hydrogen-bond donors (Lipinski definition) is 2. The molecule has 0 saturated carbocycles. The molecule has 5 nitrogen and oxygen atoms in total. The van der Waals surface area contributed by atoms with Gasteiger partial charge in [0.15, 0.2) is 0 Å². The highest BCUT2D eigenvalue weighted by Gasteiger charge is 1.99. The fourth-order valence-electron chi connectivity index (χ4n) is 1.38. The molecule has 0 saturated heterocycles. The fourth-order valence-corrected chi connectivity index (χ4v) is 1.38. The zero-order valence-electron chi connectivity index (χ0n) is 11.1. The molecule has 0 heterocycles. The Morgan fingerprint density at radius 3 is 1.72 bits per heavy atom. The van der Waals surface area contributed by atoms with Crippen LogP contribution in [0.15, 0.2) is 25.3 Å². The molecule has 0 aromatic heterocycles. The van der Waals surface area contributed by atoms with Crippen LogP contribution in [0.3, 0.4) is 0 Å². The van der Waals surface area contributed by atoms with Crippen LogP contribution < -0.4 is 10.6 Å². The summed E-state index contributed by atoms with van der Waals surface area (Å²) in [6.45, 7) is 9.89. The van der Waals surface area contributed by atoms with Crippen LogP contribution >= 0.6 is 0 Å². The maximum atomic E-state index is 10.9. The van der Waals surface area contributed by atoms with Crippen molar-refractivity contribution in [1.82, 2.24) is 15.5 Å². The van der Waals surface area contributed by atoms with Crippen molar-refractivity contribution in [3.8, 4) is 0 Å². The Morgan fingerprint density at radius 1 is 1.00 bits per heavy atom. The average molecular weight is 253 g/mol. The number of nitrogens with one attached hydrogen (secondary N) is 2. The lowest BCUT2D eigenvalue weighted by Gasteiger charge is -2.16. The third-order valence-corrected chi connectivity index (χ3v) is 2.40. The maximum absolute atomic E-state index is 10.9. The molecule has 0 fully saturated rings. The van der Waals surface area contributed by atoms with E-state index in [4.69, 9.17) is 0 Å². The molecule has 5 heteroatoms. The van der Waals surface area contributed by atoms with E-state index in [0.29, 0.717) is 13.1 Å². The Kier molecular flexibility index (Phi) is 9.58. The van der Waals surface area contributed by atoms with Crippen LogP contribution in [0.2, 0.25) is 0 Å². The quantitative estimate of drug-likeness (QED) is 0.435. The van der Waals surface area contributed by atoms with Gasteiger partial charge < -0.3 is 15.5 Å². The minimum absolute atomic E-state index is 0.134. The van der Waals surface area contributed by atoms with Crippen molar-refractivity contribution in [3.63, 3.8) is 0 Å². The summed E-state index contributed by atoms with van der Waals surface area (Å²) in [5.74, 6) is -0.269. The van der Waals surface area contributed by atoms with Crippen LogP contribution in [-0.4, -0.2) is 49.9 Å². The van der Waals surface area contributed by atoms with E-state index in [1.807, 2.05) is 7.05 Å². The molecular formula is C13H23N3O2. The minimum atomic E-state index is -0.134. The number of carbonyl (C=O) groups is 2. The molecule has 0 unspecified atom stereocenters. The van der Waals surface area contributed by atoms with Gasteiger partial charge in [0.25, 0.3) is 0 Å². The zero-order valence-corrected chi connectivity index (χ0v) is 11.1. The third kappa shape index (κ3) is 9.59. The van der Waals surface area contributed by atoms with E-state index in [-0.39, 0.29) is 11.8 Å². The third-order valence-electron chi connectivity index (χ3n) is 2.40. The summed E-state index contributed by atoms with van der Waals surface area (Å²) in [7, 11) is 2.02. The summed E-state index contributed by atoms with van der Waals surface area (Å²) in [5, 5.41) is 5.45. The van der Waals surface area contributed by atoms with E-state index in [2.05, 4.69) is 28.7 Å². The van der Waals surface area contributed by atoms with Crippen LogP contribution in [-0.2, 0) is 9.59 Å². The van der Waals surface area contributed by atoms with E-state index >= 15 is 0 Å². The van der Waals surface area contributed by atoms with Gasteiger partial charge in [-0.15, -0.1) is 0 Å². The summed E-state index contributed by atoms with van der Waals surface area (Å²) in [5.41, 5.74) is 0. The highest BCUT2D eigenvalue weighted by atomic mass is 16.2. The average Bonchev–Trinajstić information content (AvgIpc) is 2.38. The lowest BCUT2D eigenvalue weighted by Crippen LogP contribution is -2.29. The van der Waals surface area contributed by atoms with Crippen molar-refractivity contribution in [2.75, 3.05) is 33.2 Å². The molecule has 0 aromatic rings. The van der Waals surface area contributed by atoms with Gasteiger partial charge in [-0.2, -0.15) is 0 Å². The van der Waals surface area contributed by atoms with E-state index in [0.717, 1.165) is 25.9 Å². The first-order valence-corrected chi connectivity index (χ1v) is 6.09. The second-order valence-corrected chi connectivity index (χ2v) is 4.00. The summed E-state index contributed by atoms with van der Waals surface area (Å²) >= 11 is 0. The first-order chi connectivity index (χ1) is 8.60. The minimum Gasteiger partial charge on any atom is -0.353 e. The van der Waals surface area contributed by atoms with Gasteiger partial charge in [0.2, 0.25) is 11.8 Å². The van der Waals surface area contributed by atoms with Gasteiger partial charge in [0.05, 0.1) is 0 Å². The van der Waals surface area contributed by atoms with E-state index < -0.39 is 0 Å². The van der Waals surface area contributed by atoms with E-state index in [9.17, 15) is 9.59 Å². The Morgan fingerprint density at radius 2 is 1.39 bits per heavy atom. The number of nitrogens with zero attached hydrogens (tertiary/aromatic N) is 1. The smallest absolute Gasteiger partial charge is 0.243 e. The van der Waals surface area contributed by atoms with Gasteiger partial charge in [-0.3, -0.25) is 9.59 Å². The van der Waals surface area contributed by atoms with Gasteiger partial charge in [-0.25, -0.2) is 0 Å². The number of carbonyl (C=O) groups excluding carboxylic acids is 2. The van der Waals surface area contributed by atoms with Gasteiger partial charge in [-0.05, 0) is 45.1 Å². The first-order valence-electron chi connectivity index (χ1n) is 6.09. The maximum Gasteiger partial charge on any atom is 0.243 e. The van der Waals surface area contributed by atoms with Crippen molar-refractivity contribution in [3.05, 3.63) is 25.3 Å². The van der Waals surface area contributed by atoms with E-state index in [1.165, 1.54) is 12.2 Å². The number of hydrogen-bond acceptors (Lipinski definition) is 3. The SMILES string of the molecule is C=CC(=O)NCCCN(C)CCCNC(=O)C=C. The molecule has 0 atom stereocenters. The lowest BCUT2D eigenvalue weighted by atomic mass is 10.3. The Labute approximate surface area is 109 Å². The highest BCUT2D eigenvalue weighted by molar-refractivity contribution is 5.87.